The second-order valence-electron chi connectivity index (χ2n) is 6.29. The van der Waals surface area contributed by atoms with Crippen molar-refractivity contribution < 1.29 is 4.74 Å². The number of aryl methyl sites for hydroxylation is 1. The first-order chi connectivity index (χ1) is 9.58. The Balaban J connectivity index is 2.09. The zero-order valence-corrected chi connectivity index (χ0v) is 13.3. The Labute approximate surface area is 123 Å². The van der Waals surface area contributed by atoms with Crippen molar-refractivity contribution in [1.29, 1.82) is 0 Å². The summed E-state index contributed by atoms with van der Waals surface area (Å²) in [6, 6.07) is 7.27. The summed E-state index contributed by atoms with van der Waals surface area (Å²) in [5, 5.41) is 3.56. The van der Waals surface area contributed by atoms with E-state index in [1.807, 2.05) is 0 Å². The lowest BCUT2D eigenvalue weighted by molar-refractivity contribution is 0.193. The Morgan fingerprint density at radius 3 is 2.85 bits per heavy atom. The first kappa shape index (κ1) is 15.3. The van der Waals surface area contributed by atoms with Crippen LogP contribution in [0.5, 0.6) is 0 Å². The van der Waals surface area contributed by atoms with Gasteiger partial charge in [0.2, 0.25) is 0 Å². The molecule has 20 heavy (non-hydrogen) atoms. The molecule has 1 aromatic rings. The van der Waals surface area contributed by atoms with Gasteiger partial charge in [-0.2, -0.15) is 0 Å². The largest absolute Gasteiger partial charge is 0.379 e. The molecule has 1 aliphatic rings. The predicted molar refractivity (Wildman–Crippen MR) is 85.4 cm³/mol. The fourth-order valence-corrected chi connectivity index (χ4v) is 2.72. The molecule has 1 aromatic carbocycles. The highest BCUT2D eigenvalue weighted by molar-refractivity contribution is 5.55. The van der Waals surface area contributed by atoms with E-state index in [1.54, 1.807) is 0 Å². The third-order valence-electron chi connectivity index (χ3n) is 3.94. The Bertz CT molecular complexity index is 425. The van der Waals surface area contributed by atoms with Crippen molar-refractivity contribution in [3.63, 3.8) is 0 Å². The molecule has 3 heteroatoms. The van der Waals surface area contributed by atoms with Gasteiger partial charge in [-0.25, -0.2) is 0 Å². The number of likely N-dealkylation sites (N-methyl/N-ethyl adjacent to an activating group) is 1. The predicted octanol–water partition coefficient (Wildman–Crippen LogP) is 2.97. The van der Waals surface area contributed by atoms with Crippen molar-refractivity contribution in [3.05, 3.63) is 29.3 Å². The summed E-state index contributed by atoms with van der Waals surface area (Å²) in [6.45, 7) is 10.4. The third kappa shape index (κ3) is 3.97. The van der Waals surface area contributed by atoms with Gasteiger partial charge in [0.05, 0.1) is 12.6 Å². The number of benzene rings is 1. The number of rotatable bonds is 6. The molecule has 0 bridgehead atoms. The van der Waals surface area contributed by atoms with Gasteiger partial charge in [-0.15, -0.1) is 0 Å². The molecule has 0 radical (unpaired) electrons. The number of hydrogen-bond acceptors (Lipinski definition) is 3. The maximum atomic E-state index is 5.52. The van der Waals surface area contributed by atoms with Gasteiger partial charge in [-0.1, -0.05) is 31.5 Å². The maximum Gasteiger partial charge on any atom is 0.0670 e. The van der Waals surface area contributed by atoms with Gasteiger partial charge >= 0.3 is 0 Å². The van der Waals surface area contributed by atoms with Crippen LogP contribution in [-0.2, 0) is 11.3 Å². The van der Waals surface area contributed by atoms with Crippen molar-refractivity contribution in [1.82, 2.24) is 5.32 Å². The lowest BCUT2D eigenvalue weighted by Crippen LogP contribution is -2.33. The third-order valence-corrected chi connectivity index (χ3v) is 3.94. The molecule has 1 unspecified atom stereocenters. The fourth-order valence-electron chi connectivity index (χ4n) is 2.72. The molecule has 1 fully saturated rings. The van der Waals surface area contributed by atoms with Crippen molar-refractivity contribution >= 4 is 5.69 Å². The van der Waals surface area contributed by atoms with E-state index in [-0.39, 0.29) is 0 Å². The van der Waals surface area contributed by atoms with E-state index in [9.17, 15) is 0 Å². The van der Waals surface area contributed by atoms with Crippen LogP contribution >= 0.6 is 0 Å². The van der Waals surface area contributed by atoms with Crippen molar-refractivity contribution in [2.75, 3.05) is 31.7 Å². The summed E-state index contributed by atoms with van der Waals surface area (Å²) in [6.07, 6.45) is 1.13. The standard InChI is InChI=1S/C17H28N2O/c1-13(2)10-18-11-15-9-14(3)5-6-17(15)19(4)16-7-8-20-12-16/h5-6,9,13,16,18H,7-8,10-12H2,1-4H3. The Hall–Kier alpha value is -1.06. The van der Waals surface area contributed by atoms with E-state index in [4.69, 9.17) is 4.74 Å². The highest BCUT2D eigenvalue weighted by Crippen LogP contribution is 2.25. The molecule has 3 nitrogen and oxygen atoms in total. The summed E-state index contributed by atoms with van der Waals surface area (Å²) < 4.78 is 5.52. The van der Waals surface area contributed by atoms with Crippen LogP contribution in [-0.4, -0.2) is 32.8 Å². The molecular weight excluding hydrogens is 248 g/mol. The molecule has 0 amide bonds. The highest BCUT2D eigenvalue weighted by atomic mass is 16.5. The number of hydrogen-bond donors (Lipinski definition) is 1. The number of anilines is 1. The van der Waals surface area contributed by atoms with Crippen LogP contribution in [0.3, 0.4) is 0 Å². The van der Waals surface area contributed by atoms with Crippen molar-refractivity contribution in [2.24, 2.45) is 5.92 Å². The normalized spacial score (nSPS) is 18.8. The summed E-state index contributed by atoms with van der Waals surface area (Å²) in [7, 11) is 2.19. The lowest BCUT2D eigenvalue weighted by atomic mass is 10.1. The minimum absolute atomic E-state index is 0.515. The quantitative estimate of drug-likeness (QED) is 0.864. The zero-order valence-electron chi connectivity index (χ0n) is 13.3. The smallest absolute Gasteiger partial charge is 0.0670 e. The number of nitrogens with zero attached hydrogens (tertiary/aromatic N) is 1. The molecule has 112 valence electrons. The first-order valence-corrected chi connectivity index (χ1v) is 7.68. The van der Waals surface area contributed by atoms with E-state index in [0.29, 0.717) is 12.0 Å². The molecule has 0 aliphatic carbocycles. The molecule has 0 aromatic heterocycles. The topological polar surface area (TPSA) is 24.5 Å². The first-order valence-electron chi connectivity index (χ1n) is 7.68. The van der Waals surface area contributed by atoms with Crippen LogP contribution < -0.4 is 10.2 Å². The second-order valence-corrected chi connectivity index (χ2v) is 6.29. The monoisotopic (exact) mass is 276 g/mol. The minimum Gasteiger partial charge on any atom is -0.379 e. The summed E-state index contributed by atoms with van der Waals surface area (Å²) in [5.41, 5.74) is 4.05. The van der Waals surface area contributed by atoms with Gasteiger partial charge in [0.25, 0.3) is 0 Å². The minimum atomic E-state index is 0.515. The van der Waals surface area contributed by atoms with E-state index < -0.39 is 0 Å². The van der Waals surface area contributed by atoms with Crippen LogP contribution in [0.15, 0.2) is 18.2 Å². The van der Waals surface area contributed by atoms with Crippen LogP contribution in [0.25, 0.3) is 0 Å². The van der Waals surface area contributed by atoms with Crippen LogP contribution in [0.2, 0.25) is 0 Å². The lowest BCUT2D eigenvalue weighted by Gasteiger charge is -2.28. The van der Waals surface area contributed by atoms with Gasteiger partial charge in [-0.05, 0) is 37.4 Å². The summed E-state index contributed by atoms with van der Waals surface area (Å²) in [4.78, 5) is 2.39. The summed E-state index contributed by atoms with van der Waals surface area (Å²) >= 11 is 0. The molecular formula is C17H28N2O. The molecule has 1 N–H and O–H groups in total. The highest BCUT2D eigenvalue weighted by Gasteiger charge is 2.22. The SMILES string of the molecule is Cc1ccc(N(C)C2CCOC2)c(CNCC(C)C)c1. The van der Waals surface area contributed by atoms with Crippen LogP contribution in [0.1, 0.15) is 31.4 Å². The number of nitrogens with one attached hydrogen (secondary N) is 1. The maximum absolute atomic E-state index is 5.52. The Kier molecular flexibility index (Phi) is 5.44. The van der Waals surface area contributed by atoms with Gasteiger partial charge in [0.1, 0.15) is 0 Å². The summed E-state index contributed by atoms with van der Waals surface area (Å²) in [5.74, 6) is 0.684. The van der Waals surface area contributed by atoms with Crippen molar-refractivity contribution in [3.8, 4) is 0 Å². The second kappa shape index (κ2) is 7.09. The molecule has 1 saturated heterocycles. The van der Waals surface area contributed by atoms with Gasteiger partial charge in [0.15, 0.2) is 0 Å². The van der Waals surface area contributed by atoms with E-state index in [0.717, 1.165) is 32.7 Å². The zero-order chi connectivity index (χ0) is 14.5. The van der Waals surface area contributed by atoms with E-state index in [2.05, 4.69) is 56.2 Å². The molecule has 0 spiro atoms. The van der Waals surface area contributed by atoms with Gasteiger partial charge < -0.3 is 15.0 Å². The van der Waals surface area contributed by atoms with Crippen LogP contribution in [0, 0.1) is 12.8 Å². The molecule has 1 atom stereocenters. The van der Waals surface area contributed by atoms with Gasteiger partial charge in [0, 0.05) is 25.9 Å². The molecule has 2 rings (SSSR count). The molecule has 1 heterocycles. The number of ether oxygens (including phenoxy) is 1. The Morgan fingerprint density at radius 2 is 2.20 bits per heavy atom. The average molecular weight is 276 g/mol. The average Bonchev–Trinajstić information content (AvgIpc) is 2.91. The molecule has 1 aliphatic heterocycles. The van der Waals surface area contributed by atoms with Gasteiger partial charge in [-0.3, -0.25) is 0 Å². The molecule has 0 saturated carbocycles. The van der Waals surface area contributed by atoms with E-state index >= 15 is 0 Å². The van der Waals surface area contributed by atoms with Crippen LogP contribution in [0.4, 0.5) is 5.69 Å². The fraction of sp³-hybridized carbons (Fsp3) is 0.647. The van der Waals surface area contributed by atoms with Crippen molar-refractivity contribution in [2.45, 2.75) is 39.8 Å². The van der Waals surface area contributed by atoms with E-state index in [1.165, 1.54) is 16.8 Å². The Morgan fingerprint density at radius 1 is 1.40 bits per heavy atom.